The van der Waals surface area contributed by atoms with Gasteiger partial charge in [0, 0.05) is 0 Å². The molecule has 0 spiro atoms. The Bertz CT molecular complexity index is 393. The van der Waals surface area contributed by atoms with Crippen molar-refractivity contribution in [2.75, 3.05) is 7.11 Å². The molecule has 26 heavy (non-hydrogen) atoms. The second-order valence-corrected chi connectivity index (χ2v) is 28.5. The van der Waals surface area contributed by atoms with Crippen LogP contribution in [0.4, 0.5) is 0 Å². The van der Waals surface area contributed by atoms with Gasteiger partial charge < -0.3 is 0 Å². The fraction of sp³-hybridized carbons (Fsp3) is 0.864. The molecule has 0 aromatic heterocycles. The molecule has 0 aliphatic carbocycles. The first-order valence-electron chi connectivity index (χ1n) is 10.9. The van der Waals surface area contributed by atoms with Gasteiger partial charge in [-0.25, -0.2) is 0 Å². The summed E-state index contributed by atoms with van der Waals surface area (Å²) in [6.07, 6.45) is 8.76. The number of allylic oxidation sites excluding steroid dienone is 1. The van der Waals surface area contributed by atoms with E-state index in [0.29, 0.717) is 0 Å². The average Bonchev–Trinajstić information content (AvgIpc) is 2.60. The van der Waals surface area contributed by atoms with Crippen molar-refractivity contribution in [3.8, 4) is 0 Å². The fourth-order valence-electron chi connectivity index (χ4n) is 3.87. The second-order valence-electron chi connectivity index (χ2n) is 9.29. The predicted molar refractivity (Wildman–Crippen MR) is 122 cm³/mol. The third kappa shape index (κ3) is 9.96. The van der Waals surface area contributed by atoms with Crippen LogP contribution in [0.5, 0.6) is 0 Å². The molecule has 0 amide bonds. The number of hydrogen-bond donors (Lipinski definition) is 0. The Morgan fingerprint density at radius 1 is 0.962 bits per heavy atom. The van der Waals surface area contributed by atoms with E-state index in [1.807, 2.05) is 0 Å². The van der Waals surface area contributed by atoms with E-state index in [2.05, 4.69) is 47.0 Å². The van der Waals surface area contributed by atoms with Crippen LogP contribution >= 0.6 is 0 Å². The van der Waals surface area contributed by atoms with Gasteiger partial charge in [0.1, 0.15) is 0 Å². The van der Waals surface area contributed by atoms with Crippen LogP contribution in [0.2, 0.25) is 37.4 Å². The Labute approximate surface area is 169 Å². The normalized spacial score (nSPS) is 13.5. The van der Waals surface area contributed by atoms with Gasteiger partial charge in [-0.2, -0.15) is 0 Å². The minimum absolute atomic E-state index is 0.0231. The van der Waals surface area contributed by atoms with Crippen molar-refractivity contribution in [2.45, 2.75) is 103 Å². The molecule has 0 rings (SSSR count). The van der Waals surface area contributed by atoms with E-state index < -0.39 is 26.5 Å². The molecule has 1 atom stereocenters. The number of methoxy groups -OCH3 is 1. The van der Waals surface area contributed by atoms with E-state index in [0.717, 1.165) is 6.42 Å². The Morgan fingerprint density at radius 3 is 1.69 bits per heavy atom. The topological polar surface area (TPSA) is 26.3 Å². The molecular weight excluding hydrogens is 443 g/mol. The van der Waals surface area contributed by atoms with Crippen LogP contribution in [0.3, 0.4) is 0 Å². The van der Waals surface area contributed by atoms with E-state index in [4.69, 9.17) is 4.74 Å². The predicted octanol–water partition coefficient (Wildman–Crippen LogP) is 7.45. The molecule has 0 saturated carbocycles. The summed E-state index contributed by atoms with van der Waals surface area (Å²) in [7, 11) is 0.151. The summed E-state index contributed by atoms with van der Waals surface area (Å²) in [5.74, 6) is 0.0931. The van der Waals surface area contributed by atoms with Gasteiger partial charge >= 0.3 is 170 Å². The van der Waals surface area contributed by atoms with Gasteiger partial charge in [-0.3, -0.25) is 0 Å². The van der Waals surface area contributed by atoms with E-state index in [9.17, 15) is 4.79 Å². The Hall–Kier alpha value is 0.226. The summed E-state index contributed by atoms with van der Waals surface area (Å²) < 4.78 is 10.8. The number of hydrogen-bond acceptors (Lipinski definition) is 2. The zero-order chi connectivity index (χ0) is 20.2. The van der Waals surface area contributed by atoms with E-state index in [1.54, 1.807) is 7.11 Å². The molecule has 1 unspecified atom stereocenters. The quantitative estimate of drug-likeness (QED) is 0.176. The average molecular weight is 489 g/mol. The molecule has 0 aromatic carbocycles. The third-order valence-corrected chi connectivity index (χ3v) is 24.3. The van der Waals surface area contributed by atoms with Gasteiger partial charge in [-0.05, 0) is 0 Å². The van der Waals surface area contributed by atoms with Gasteiger partial charge in [0.2, 0.25) is 0 Å². The van der Waals surface area contributed by atoms with E-state index >= 15 is 0 Å². The molecule has 0 radical (unpaired) electrons. The van der Waals surface area contributed by atoms with Gasteiger partial charge in [0.15, 0.2) is 0 Å². The maximum absolute atomic E-state index is 12.7. The van der Waals surface area contributed by atoms with Crippen molar-refractivity contribution in [1.29, 1.82) is 0 Å². The van der Waals surface area contributed by atoms with Crippen LogP contribution in [-0.2, 0) is 9.53 Å². The molecule has 0 bridgehead atoms. The van der Waals surface area contributed by atoms with Crippen LogP contribution in [0.15, 0.2) is 11.8 Å². The summed E-state index contributed by atoms with van der Waals surface area (Å²) in [5.41, 5.74) is 0. The summed E-state index contributed by atoms with van der Waals surface area (Å²) >= 11 is -2.35. The number of carbonyl (C=O) groups excluding carboxylic acids is 1. The zero-order valence-corrected chi connectivity index (χ0v) is 22.7. The Balaban J connectivity index is 5.53. The van der Waals surface area contributed by atoms with Crippen LogP contribution in [-0.4, -0.2) is 39.5 Å². The van der Waals surface area contributed by atoms with Crippen molar-refractivity contribution >= 4 is 32.4 Å². The molecule has 154 valence electrons. The zero-order valence-electron chi connectivity index (χ0n) is 18.9. The number of unbranched alkanes of at least 4 members (excludes halogenated alkanes) is 3. The fourth-order valence-corrected chi connectivity index (χ4v) is 21.9. The molecule has 2 nitrogen and oxygen atoms in total. The number of ether oxygens (including phenoxy) is 1. The Kier molecular flexibility index (Phi) is 13.5. The van der Waals surface area contributed by atoms with E-state index in [-0.39, 0.29) is 11.9 Å². The van der Waals surface area contributed by atoms with Crippen molar-refractivity contribution in [3.63, 3.8) is 0 Å². The molecular formula is C22H46O2SiSn. The SMILES string of the molecule is C=C(CC([CH2][Sn]([CH2]CCC)([CH2]CCC)[CH2]CCC)C(=O)OC)[Si](C)(C)C. The summed E-state index contributed by atoms with van der Waals surface area (Å²) in [6.45, 7) is 18.3. The first-order valence-corrected chi connectivity index (χ1v) is 22.5. The number of carbonyl (C=O) groups is 1. The molecule has 0 aromatic rings. The second kappa shape index (κ2) is 13.4. The van der Waals surface area contributed by atoms with Crippen LogP contribution in [0.1, 0.15) is 65.7 Å². The minimum atomic E-state index is -2.35. The Morgan fingerprint density at radius 2 is 1.38 bits per heavy atom. The van der Waals surface area contributed by atoms with Crippen molar-refractivity contribution in [2.24, 2.45) is 5.92 Å². The molecule has 0 saturated heterocycles. The van der Waals surface area contributed by atoms with Gasteiger partial charge in [0.05, 0.1) is 0 Å². The number of esters is 1. The third-order valence-electron chi connectivity index (χ3n) is 5.95. The van der Waals surface area contributed by atoms with E-state index in [1.165, 1.54) is 61.5 Å². The van der Waals surface area contributed by atoms with Gasteiger partial charge in [-0.1, -0.05) is 0 Å². The summed E-state index contributed by atoms with van der Waals surface area (Å²) in [4.78, 5) is 12.7. The van der Waals surface area contributed by atoms with Crippen LogP contribution in [0, 0.1) is 5.92 Å². The van der Waals surface area contributed by atoms with Crippen molar-refractivity contribution < 1.29 is 9.53 Å². The standard InChI is InChI=1S/C10H19O2Si.3C4H9.Sn/c1-8(10(11)12-3)7-9(2)13(4,5)6;3*1-3-4-2;/h8H,1-2,7H2,3-6H3;3*1,3-4H2,2H3;. The van der Waals surface area contributed by atoms with Crippen molar-refractivity contribution in [3.05, 3.63) is 11.8 Å². The van der Waals surface area contributed by atoms with Crippen molar-refractivity contribution in [1.82, 2.24) is 0 Å². The van der Waals surface area contributed by atoms with Gasteiger partial charge in [-0.15, -0.1) is 0 Å². The first-order chi connectivity index (χ1) is 12.2. The summed E-state index contributed by atoms with van der Waals surface area (Å²) in [5, 5.41) is 1.33. The van der Waals surface area contributed by atoms with Crippen LogP contribution < -0.4 is 0 Å². The summed E-state index contributed by atoms with van der Waals surface area (Å²) in [6, 6.07) is 0. The maximum atomic E-state index is 12.7. The van der Waals surface area contributed by atoms with Gasteiger partial charge in [0.25, 0.3) is 0 Å². The molecule has 4 heteroatoms. The van der Waals surface area contributed by atoms with Crippen LogP contribution in [0.25, 0.3) is 0 Å². The molecule has 0 fully saturated rings. The molecule has 0 aliphatic heterocycles. The molecule has 0 aliphatic rings. The molecule has 0 heterocycles. The molecule has 0 N–H and O–H groups in total. The number of rotatable bonds is 15. The first kappa shape index (κ1) is 26.2. The monoisotopic (exact) mass is 490 g/mol.